The Morgan fingerprint density at radius 2 is 1.96 bits per heavy atom. The van der Waals surface area contributed by atoms with Crippen molar-refractivity contribution < 1.29 is 14.3 Å². The summed E-state index contributed by atoms with van der Waals surface area (Å²) in [5.41, 5.74) is 1.21. The van der Waals surface area contributed by atoms with E-state index in [0.29, 0.717) is 28.8 Å². The Bertz CT molecular complexity index is 932. The summed E-state index contributed by atoms with van der Waals surface area (Å²) in [4.78, 5) is 32.1. The Morgan fingerprint density at radius 1 is 1.14 bits per heavy atom. The number of hydrogen-bond donors (Lipinski definition) is 2. The average Bonchev–Trinajstić information content (AvgIpc) is 3.14. The Hall–Kier alpha value is -2.97. The minimum atomic E-state index is -0.323. The molecular formula is C19H17ClN4O3S. The highest BCUT2D eigenvalue weighted by Crippen LogP contribution is 2.18. The van der Waals surface area contributed by atoms with Gasteiger partial charge in [-0.2, -0.15) is 0 Å². The molecule has 28 heavy (non-hydrogen) atoms. The first-order chi connectivity index (χ1) is 13.6. The summed E-state index contributed by atoms with van der Waals surface area (Å²) < 4.78 is 5.63. The van der Waals surface area contributed by atoms with Crippen molar-refractivity contribution in [3.8, 4) is 5.75 Å². The molecule has 0 atom stereocenters. The standard InChI is InChI=1S/C19H17ClN4O3S/c20-13-3-5-16(6-4-13)27-11-19-24-15(12-28-19)8-17(25)22-10-18(26)23-14-2-1-7-21-9-14/h1-7,9,12H,8,10-11H2,(H,22,25)(H,23,26). The van der Waals surface area contributed by atoms with E-state index in [4.69, 9.17) is 16.3 Å². The third-order valence-corrected chi connectivity index (χ3v) is 4.63. The number of rotatable bonds is 8. The molecule has 3 rings (SSSR count). The fourth-order valence-corrected chi connectivity index (χ4v) is 3.05. The van der Waals surface area contributed by atoms with Gasteiger partial charge in [-0.15, -0.1) is 11.3 Å². The molecule has 2 N–H and O–H groups in total. The van der Waals surface area contributed by atoms with Crippen molar-refractivity contribution in [2.75, 3.05) is 11.9 Å². The first kappa shape index (κ1) is 19.8. The summed E-state index contributed by atoms with van der Waals surface area (Å²) in [6, 6.07) is 10.5. The van der Waals surface area contributed by atoms with Gasteiger partial charge in [0.1, 0.15) is 17.4 Å². The molecule has 0 aliphatic heterocycles. The molecule has 0 radical (unpaired) electrons. The van der Waals surface area contributed by atoms with Crippen LogP contribution in [0.15, 0.2) is 54.2 Å². The van der Waals surface area contributed by atoms with Crippen molar-refractivity contribution in [3.05, 3.63) is 69.9 Å². The van der Waals surface area contributed by atoms with E-state index in [0.717, 1.165) is 5.01 Å². The van der Waals surface area contributed by atoms with Crippen LogP contribution in [0.2, 0.25) is 5.02 Å². The number of amides is 2. The van der Waals surface area contributed by atoms with Gasteiger partial charge in [-0.05, 0) is 36.4 Å². The molecule has 9 heteroatoms. The molecule has 0 saturated heterocycles. The van der Waals surface area contributed by atoms with Crippen LogP contribution in [0.4, 0.5) is 5.69 Å². The summed E-state index contributed by atoms with van der Waals surface area (Å²) in [7, 11) is 0. The second-order valence-corrected chi connectivity index (χ2v) is 7.10. The monoisotopic (exact) mass is 416 g/mol. The molecule has 2 aromatic heterocycles. The molecule has 0 bridgehead atoms. The molecule has 2 heterocycles. The maximum atomic E-state index is 12.0. The first-order valence-corrected chi connectivity index (χ1v) is 9.62. The number of halogens is 1. The van der Waals surface area contributed by atoms with E-state index in [-0.39, 0.29) is 24.8 Å². The van der Waals surface area contributed by atoms with Crippen molar-refractivity contribution in [2.45, 2.75) is 13.0 Å². The van der Waals surface area contributed by atoms with Gasteiger partial charge in [-0.1, -0.05) is 11.6 Å². The van der Waals surface area contributed by atoms with Gasteiger partial charge in [-0.3, -0.25) is 14.6 Å². The van der Waals surface area contributed by atoms with Crippen molar-refractivity contribution in [2.24, 2.45) is 0 Å². The quantitative estimate of drug-likeness (QED) is 0.588. The maximum Gasteiger partial charge on any atom is 0.243 e. The second kappa shape index (κ2) is 9.82. The van der Waals surface area contributed by atoms with Crippen LogP contribution in [0.1, 0.15) is 10.7 Å². The van der Waals surface area contributed by atoms with Crippen LogP contribution in [0.3, 0.4) is 0 Å². The summed E-state index contributed by atoms with van der Waals surface area (Å²) in [6.07, 6.45) is 3.24. The van der Waals surface area contributed by atoms with Gasteiger partial charge in [0.2, 0.25) is 11.8 Å². The van der Waals surface area contributed by atoms with Gasteiger partial charge >= 0.3 is 0 Å². The van der Waals surface area contributed by atoms with Crippen LogP contribution < -0.4 is 15.4 Å². The van der Waals surface area contributed by atoms with Crippen LogP contribution in [0, 0.1) is 0 Å². The molecular weight excluding hydrogens is 400 g/mol. The molecule has 2 amide bonds. The van der Waals surface area contributed by atoms with Crippen molar-refractivity contribution >= 4 is 40.4 Å². The smallest absolute Gasteiger partial charge is 0.243 e. The van der Waals surface area contributed by atoms with Gasteiger partial charge in [0.25, 0.3) is 0 Å². The molecule has 3 aromatic rings. The van der Waals surface area contributed by atoms with E-state index >= 15 is 0 Å². The third kappa shape index (κ3) is 6.33. The van der Waals surface area contributed by atoms with Gasteiger partial charge < -0.3 is 15.4 Å². The maximum absolute atomic E-state index is 12.0. The molecule has 0 spiro atoms. The van der Waals surface area contributed by atoms with E-state index in [1.807, 2.05) is 0 Å². The number of carbonyl (C=O) groups excluding carboxylic acids is 2. The number of aromatic nitrogens is 2. The SMILES string of the molecule is O=C(Cc1csc(COc2ccc(Cl)cc2)n1)NCC(=O)Nc1cccnc1. The van der Waals surface area contributed by atoms with Crippen molar-refractivity contribution in [1.29, 1.82) is 0 Å². The molecule has 7 nitrogen and oxygen atoms in total. The summed E-state index contributed by atoms with van der Waals surface area (Å²) in [5.74, 6) is 0.0898. The van der Waals surface area contributed by atoms with E-state index < -0.39 is 0 Å². The lowest BCUT2D eigenvalue weighted by atomic mass is 10.3. The average molecular weight is 417 g/mol. The van der Waals surface area contributed by atoms with Gasteiger partial charge in [0.15, 0.2) is 0 Å². The van der Waals surface area contributed by atoms with Crippen LogP contribution >= 0.6 is 22.9 Å². The van der Waals surface area contributed by atoms with Crippen LogP contribution in [0.5, 0.6) is 5.75 Å². The normalized spacial score (nSPS) is 10.3. The molecule has 0 aliphatic carbocycles. The zero-order valence-electron chi connectivity index (χ0n) is 14.7. The van der Waals surface area contributed by atoms with E-state index in [1.54, 1.807) is 48.0 Å². The van der Waals surface area contributed by atoms with E-state index in [2.05, 4.69) is 20.6 Å². The summed E-state index contributed by atoms with van der Waals surface area (Å²) in [5, 5.41) is 8.42. The van der Waals surface area contributed by atoms with Crippen molar-refractivity contribution in [3.63, 3.8) is 0 Å². The number of carbonyl (C=O) groups is 2. The predicted octanol–water partition coefficient (Wildman–Crippen LogP) is 3.07. The fourth-order valence-electron chi connectivity index (χ4n) is 2.22. The minimum Gasteiger partial charge on any atom is -0.486 e. The Labute approximate surface area is 170 Å². The van der Waals surface area contributed by atoms with Crippen molar-refractivity contribution in [1.82, 2.24) is 15.3 Å². The molecule has 0 unspecified atom stereocenters. The number of anilines is 1. The topological polar surface area (TPSA) is 93.2 Å². The largest absolute Gasteiger partial charge is 0.486 e. The number of ether oxygens (including phenoxy) is 1. The van der Waals surface area contributed by atoms with Gasteiger partial charge in [0.05, 0.1) is 30.5 Å². The molecule has 0 aliphatic rings. The number of hydrogen-bond acceptors (Lipinski definition) is 6. The zero-order chi connectivity index (χ0) is 19.8. The fraction of sp³-hybridized carbons (Fsp3) is 0.158. The van der Waals surface area contributed by atoms with Gasteiger partial charge in [0, 0.05) is 16.6 Å². The molecule has 1 aromatic carbocycles. The van der Waals surface area contributed by atoms with Crippen LogP contribution in [-0.2, 0) is 22.6 Å². The zero-order valence-corrected chi connectivity index (χ0v) is 16.3. The van der Waals surface area contributed by atoms with Crippen LogP contribution in [0.25, 0.3) is 0 Å². The number of nitrogens with one attached hydrogen (secondary N) is 2. The Kier molecular flexibility index (Phi) is 6.94. The van der Waals surface area contributed by atoms with Crippen LogP contribution in [-0.4, -0.2) is 28.3 Å². The second-order valence-electron chi connectivity index (χ2n) is 5.72. The highest BCUT2D eigenvalue weighted by Gasteiger charge is 2.10. The number of pyridine rings is 1. The first-order valence-electron chi connectivity index (χ1n) is 8.37. The lowest BCUT2D eigenvalue weighted by molar-refractivity contribution is -0.123. The van der Waals surface area contributed by atoms with E-state index in [9.17, 15) is 9.59 Å². The third-order valence-electron chi connectivity index (χ3n) is 3.51. The lowest BCUT2D eigenvalue weighted by Crippen LogP contribution is -2.33. The highest BCUT2D eigenvalue weighted by molar-refractivity contribution is 7.09. The molecule has 0 saturated carbocycles. The Morgan fingerprint density at radius 3 is 2.71 bits per heavy atom. The predicted molar refractivity (Wildman–Crippen MR) is 107 cm³/mol. The number of thiazole rings is 1. The molecule has 0 fully saturated rings. The minimum absolute atomic E-state index is 0.0949. The summed E-state index contributed by atoms with van der Waals surface area (Å²) in [6.45, 7) is 0.186. The summed E-state index contributed by atoms with van der Waals surface area (Å²) >= 11 is 7.25. The van der Waals surface area contributed by atoms with Gasteiger partial charge in [-0.25, -0.2) is 4.98 Å². The number of benzene rings is 1. The number of nitrogens with zero attached hydrogens (tertiary/aromatic N) is 2. The highest BCUT2D eigenvalue weighted by atomic mass is 35.5. The Balaban J connectivity index is 1.40. The lowest BCUT2D eigenvalue weighted by Gasteiger charge is -2.06. The molecule has 144 valence electrons. The van der Waals surface area contributed by atoms with E-state index in [1.165, 1.54) is 17.5 Å².